The average Bonchev–Trinajstić information content (AvgIpc) is 3.34. The summed E-state index contributed by atoms with van der Waals surface area (Å²) in [4.78, 5) is 11.9. The van der Waals surface area contributed by atoms with E-state index in [9.17, 15) is 9.90 Å². The number of fused-ring (bicyclic) bond motifs is 5. The normalized spacial score (nSPS) is 32.6. The first kappa shape index (κ1) is 39.8. The average molecular weight is 673 g/mol. The Hall–Kier alpha value is 0.330. The number of ether oxygens (including phenoxy) is 4. The Morgan fingerprint density at radius 1 is 0.644 bits per heavy atom. The van der Waals surface area contributed by atoms with Gasteiger partial charge in [0.15, 0.2) is 0 Å². The quantitative estimate of drug-likeness (QED) is 0.111. The monoisotopic (exact) mass is 672 g/mol. The van der Waals surface area contributed by atoms with Crippen molar-refractivity contribution in [2.45, 2.75) is 105 Å². The highest BCUT2D eigenvalue weighted by atomic mass is 31.1. The third-order valence-corrected chi connectivity index (χ3v) is 17.5. The molecule has 45 heavy (non-hydrogen) atoms. The highest BCUT2D eigenvalue weighted by Crippen LogP contribution is 2.65. The zero-order valence-electron chi connectivity index (χ0n) is 30.0. The molecule has 0 unspecified atom stereocenters. The zero-order valence-corrected chi connectivity index (χ0v) is 31.8. The molecular formula is C37H70O6P2. The number of carbonyl (C=O) groups excluding carboxylic acids is 1. The van der Waals surface area contributed by atoms with Gasteiger partial charge in [-0.2, -0.15) is 0 Å². The van der Waals surface area contributed by atoms with Crippen LogP contribution in [0.2, 0.25) is 0 Å². The molecule has 8 heteroatoms. The van der Waals surface area contributed by atoms with E-state index in [0.29, 0.717) is 17.1 Å². The van der Waals surface area contributed by atoms with Gasteiger partial charge in [0.25, 0.3) is 0 Å². The van der Waals surface area contributed by atoms with Crippen LogP contribution in [0.15, 0.2) is 0 Å². The van der Waals surface area contributed by atoms with Crippen LogP contribution >= 0.6 is 15.8 Å². The van der Waals surface area contributed by atoms with E-state index in [4.69, 9.17) is 18.9 Å². The number of hydrogen-bond acceptors (Lipinski definition) is 6. The molecule has 0 amide bonds. The molecule has 0 aromatic heterocycles. The highest BCUT2D eigenvalue weighted by Gasteiger charge is 2.60. The van der Waals surface area contributed by atoms with Crippen LogP contribution in [0.5, 0.6) is 0 Å². The molecule has 0 saturated heterocycles. The third-order valence-electron chi connectivity index (χ3n) is 12.2. The van der Waals surface area contributed by atoms with E-state index in [2.05, 4.69) is 41.5 Å². The Bertz CT molecular complexity index is 787. The second-order valence-electron chi connectivity index (χ2n) is 14.5. The predicted octanol–water partition coefficient (Wildman–Crippen LogP) is 8.06. The van der Waals surface area contributed by atoms with Gasteiger partial charge in [-0.1, -0.05) is 13.8 Å². The third kappa shape index (κ3) is 11.4. The van der Waals surface area contributed by atoms with Crippen LogP contribution in [0, 0.1) is 34.5 Å². The minimum Gasteiger partial charge on any atom is -0.393 e. The second-order valence-corrected chi connectivity index (χ2v) is 19.9. The molecule has 0 radical (unpaired) electrons. The van der Waals surface area contributed by atoms with Crippen LogP contribution < -0.4 is 0 Å². The summed E-state index contributed by atoms with van der Waals surface area (Å²) in [6.45, 7) is 20.1. The van der Waals surface area contributed by atoms with Gasteiger partial charge in [0.1, 0.15) is 5.78 Å². The summed E-state index contributed by atoms with van der Waals surface area (Å²) in [5.74, 6) is 3.52. The van der Waals surface area contributed by atoms with Crippen molar-refractivity contribution < 1.29 is 28.8 Å². The van der Waals surface area contributed by atoms with Gasteiger partial charge < -0.3 is 24.1 Å². The first-order valence-corrected chi connectivity index (χ1v) is 22.5. The molecule has 7 atom stereocenters. The maximum Gasteiger partial charge on any atom is 0.133 e. The zero-order chi connectivity index (χ0) is 32.7. The van der Waals surface area contributed by atoms with E-state index in [1.54, 1.807) is 0 Å². The Labute approximate surface area is 279 Å². The van der Waals surface area contributed by atoms with E-state index in [-0.39, 0.29) is 27.4 Å². The number of ketones is 1. The molecule has 264 valence electrons. The van der Waals surface area contributed by atoms with Crippen LogP contribution in [0.4, 0.5) is 0 Å². The van der Waals surface area contributed by atoms with Gasteiger partial charge in [-0.3, -0.25) is 4.79 Å². The van der Waals surface area contributed by atoms with Gasteiger partial charge in [0.2, 0.25) is 0 Å². The fourth-order valence-electron chi connectivity index (χ4n) is 9.32. The largest absolute Gasteiger partial charge is 0.393 e. The van der Waals surface area contributed by atoms with Crippen molar-refractivity contribution in [2.75, 3.05) is 89.8 Å². The lowest BCUT2D eigenvalue weighted by Gasteiger charge is -2.60. The molecular weight excluding hydrogens is 602 g/mol. The van der Waals surface area contributed by atoms with Crippen molar-refractivity contribution in [3.8, 4) is 0 Å². The number of rotatable bonds is 19. The van der Waals surface area contributed by atoms with Crippen LogP contribution in [0.1, 0.15) is 99.3 Å². The van der Waals surface area contributed by atoms with Crippen molar-refractivity contribution in [2.24, 2.45) is 34.5 Å². The molecule has 4 aliphatic carbocycles. The molecule has 0 aromatic carbocycles. The summed E-state index contributed by atoms with van der Waals surface area (Å²) in [6, 6.07) is 0. The van der Waals surface area contributed by atoms with Crippen molar-refractivity contribution in [3.05, 3.63) is 0 Å². The SMILES string of the molecule is CCOCCP(CCOCC)CCP(CCOCC)CCOCC.C[C@]12CCC(=O)C[C@@H]1CC[C@@H]1[C@@H]2CC[C@]2(C)[C@@H](O)CC[C@@H]12. The standard InChI is InChI=1S/C19H30O2.C18H40O4P2/c1-18-9-7-13(20)11-12(18)3-4-14-15-5-6-17(21)19(15,2)10-8-16(14)18;1-5-19-9-13-23(14-10-20-6-2)17-18-24(15-11-21-7-3)16-12-22-8-4/h12,14-17,21H,3-11H2,1-2H3;5-18H2,1-4H3/t12-,14-,15-,16-,17-,18-,19-;/m0./s1. The van der Waals surface area contributed by atoms with Gasteiger partial charge in [-0.15, -0.1) is 15.8 Å². The summed E-state index contributed by atoms with van der Waals surface area (Å²) < 4.78 is 22.3. The molecule has 0 heterocycles. The van der Waals surface area contributed by atoms with Crippen LogP contribution in [-0.2, 0) is 23.7 Å². The smallest absolute Gasteiger partial charge is 0.133 e. The predicted molar refractivity (Wildman–Crippen MR) is 192 cm³/mol. The van der Waals surface area contributed by atoms with Crippen molar-refractivity contribution >= 4 is 21.6 Å². The maximum atomic E-state index is 11.9. The van der Waals surface area contributed by atoms with E-state index >= 15 is 0 Å². The van der Waals surface area contributed by atoms with Crippen molar-refractivity contribution in [3.63, 3.8) is 0 Å². The molecule has 1 N–H and O–H groups in total. The summed E-state index contributed by atoms with van der Waals surface area (Å²) in [7, 11) is 0.0619. The van der Waals surface area contributed by atoms with Gasteiger partial charge in [-0.25, -0.2) is 0 Å². The summed E-state index contributed by atoms with van der Waals surface area (Å²) in [5, 5.41) is 10.5. The minimum absolute atomic E-state index is 0.0310. The molecule has 0 aromatic rings. The molecule has 6 nitrogen and oxygen atoms in total. The fourth-order valence-corrected chi connectivity index (χ4v) is 14.5. The number of carbonyl (C=O) groups is 1. The van der Waals surface area contributed by atoms with Crippen LogP contribution in [0.3, 0.4) is 0 Å². The molecule has 0 spiro atoms. The first-order valence-electron chi connectivity index (χ1n) is 18.7. The summed E-state index contributed by atoms with van der Waals surface area (Å²) in [5.41, 5.74) is 0.598. The molecule has 4 fully saturated rings. The van der Waals surface area contributed by atoms with Gasteiger partial charge in [0.05, 0.1) is 32.5 Å². The van der Waals surface area contributed by atoms with E-state index in [1.165, 1.54) is 69.1 Å². The number of aliphatic hydroxyl groups excluding tert-OH is 1. The molecule has 0 aliphatic heterocycles. The van der Waals surface area contributed by atoms with E-state index in [1.807, 2.05) is 0 Å². The number of Topliss-reactive ketones (excluding diaryl/α,β-unsaturated/α-hetero) is 1. The van der Waals surface area contributed by atoms with E-state index < -0.39 is 0 Å². The summed E-state index contributed by atoms with van der Waals surface area (Å²) >= 11 is 0. The van der Waals surface area contributed by atoms with Crippen LogP contribution in [-0.4, -0.2) is 107 Å². The summed E-state index contributed by atoms with van der Waals surface area (Å²) in [6.07, 6.45) is 17.6. The number of aliphatic hydroxyl groups is 1. The van der Waals surface area contributed by atoms with Crippen molar-refractivity contribution in [1.29, 1.82) is 0 Å². The molecule has 4 saturated carbocycles. The molecule has 4 rings (SSSR count). The maximum absolute atomic E-state index is 11.9. The Kier molecular flexibility index (Phi) is 18.3. The van der Waals surface area contributed by atoms with Gasteiger partial charge >= 0.3 is 0 Å². The number of hydrogen-bond donors (Lipinski definition) is 1. The second kappa shape index (κ2) is 20.8. The lowest BCUT2D eigenvalue weighted by molar-refractivity contribution is -0.141. The topological polar surface area (TPSA) is 74.2 Å². The van der Waals surface area contributed by atoms with Crippen LogP contribution in [0.25, 0.3) is 0 Å². The first-order chi connectivity index (χ1) is 21.7. The molecule has 4 aliphatic rings. The Morgan fingerprint density at radius 2 is 1.13 bits per heavy atom. The Balaban J connectivity index is 0.000000246. The highest BCUT2D eigenvalue weighted by molar-refractivity contribution is 7.61. The fraction of sp³-hybridized carbons (Fsp3) is 0.973. The Morgan fingerprint density at radius 3 is 1.62 bits per heavy atom. The minimum atomic E-state index is -0.0677. The molecule has 0 bridgehead atoms. The lowest BCUT2D eigenvalue weighted by Crippen LogP contribution is -2.54. The lowest BCUT2D eigenvalue weighted by atomic mass is 9.45. The van der Waals surface area contributed by atoms with Gasteiger partial charge in [-0.05, 0) is 144 Å². The van der Waals surface area contributed by atoms with E-state index in [0.717, 1.165) is 96.3 Å². The van der Waals surface area contributed by atoms with Gasteiger partial charge in [0, 0.05) is 39.3 Å². The van der Waals surface area contributed by atoms with Crippen molar-refractivity contribution in [1.82, 2.24) is 0 Å².